The van der Waals surface area contributed by atoms with Crippen LogP contribution in [0.15, 0.2) is 24.3 Å². The molecule has 1 aromatic rings. The van der Waals surface area contributed by atoms with Crippen LogP contribution in [-0.4, -0.2) is 30.3 Å². The summed E-state index contributed by atoms with van der Waals surface area (Å²) in [6, 6.07) is 7.20. The maximum Gasteiger partial charge on any atom is 0.251 e. The summed E-state index contributed by atoms with van der Waals surface area (Å²) in [5.41, 5.74) is 0.985. The van der Waals surface area contributed by atoms with Crippen molar-refractivity contribution < 1.29 is 14.6 Å². The van der Waals surface area contributed by atoms with Gasteiger partial charge in [-0.2, -0.15) is 0 Å². The monoisotopic (exact) mass is 237 g/mol. The highest BCUT2D eigenvalue weighted by atomic mass is 16.5. The Morgan fingerprint density at radius 3 is 2.41 bits per heavy atom. The van der Waals surface area contributed by atoms with E-state index in [1.165, 1.54) is 0 Å². The quantitative estimate of drug-likeness (QED) is 0.812. The Bertz CT molecular complexity index is 371. The third kappa shape index (κ3) is 4.17. The van der Waals surface area contributed by atoms with Gasteiger partial charge in [-0.3, -0.25) is 4.79 Å². The van der Waals surface area contributed by atoms with Crippen LogP contribution < -0.4 is 5.32 Å². The number of methoxy groups -OCH3 is 1. The highest BCUT2D eigenvalue weighted by Gasteiger charge is 2.19. The lowest BCUT2D eigenvalue weighted by Gasteiger charge is -2.23. The maximum absolute atomic E-state index is 11.8. The predicted octanol–water partition coefficient (Wildman–Crippen LogP) is 1.33. The third-order valence-corrected chi connectivity index (χ3v) is 2.37. The van der Waals surface area contributed by atoms with Gasteiger partial charge in [0.05, 0.1) is 18.8 Å². The van der Waals surface area contributed by atoms with E-state index < -0.39 is 5.54 Å². The maximum atomic E-state index is 11.8. The van der Waals surface area contributed by atoms with E-state index in [0.29, 0.717) is 12.2 Å². The molecule has 4 nitrogen and oxygen atoms in total. The van der Waals surface area contributed by atoms with E-state index in [0.717, 1.165) is 5.56 Å². The molecular formula is C13H19NO3. The van der Waals surface area contributed by atoms with Crippen molar-refractivity contribution >= 4 is 5.91 Å². The Morgan fingerprint density at radius 2 is 1.94 bits per heavy atom. The highest BCUT2D eigenvalue weighted by Crippen LogP contribution is 2.08. The van der Waals surface area contributed by atoms with E-state index in [1.54, 1.807) is 33.1 Å². The van der Waals surface area contributed by atoms with Gasteiger partial charge in [0, 0.05) is 12.7 Å². The minimum atomic E-state index is -0.609. The molecule has 0 saturated heterocycles. The minimum Gasteiger partial charge on any atom is -0.394 e. The van der Waals surface area contributed by atoms with Crippen LogP contribution in [0.2, 0.25) is 0 Å². The fourth-order valence-electron chi connectivity index (χ4n) is 1.34. The van der Waals surface area contributed by atoms with Gasteiger partial charge >= 0.3 is 0 Å². The molecule has 1 aromatic carbocycles. The van der Waals surface area contributed by atoms with E-state index in [9.17, 15) is 4.79 Å². The number of aliphatic hydroxyl groups excluding tert-OH is 1. The van der Waals surface area contributed by atoms with Gasteiger partial charge in [0.25, 0.3) is 5.91 Å². The number of rotatable bonds is 5. The number of hydrogen-bond acceptors (Lipinski definition) is 3. The van der Waals surface area contributed by atoms with Crippen molar-refractivity contribution in [3.05, 3.63) is 35.4 Å². The van der Waals surface area contributed by atoms with Crippen LogP contribution in [0.5, 0.6) is 0 Å². The van der Waals surface area contributed by atoms with Crippen molar-refractivity contribution in [2.75, 3.05) is 13.7 Å². The molecule has 0 aromatic heterocycles. The lowest BCUT2D eigenvalue weighted by atomic mass is 10.1. The summed E-state index contributed by atoms with van der Waals surface area (Å²) < 4.78 is 4.99. The number of amides is 1. The number of ether oxygens (including phenoxy) is 1. The van der Waals surface area contributed by atoms with Crippen molar-refractivity contribution in [3.63, 3.8) is 0 Å². The van der Waals surface area contributed by atoms with Crippen LogP contribution in [0.1, 0.15) is 29.8 Å². The summed E-state index contributed by atoms with van der Waals surface area (Å²) in [6.07, 6.45) is 0. The Labute approximate surface area is 102 Å². The van der Waals surface area contributed by atoms with Gasteiger partial charge in [-0.15, -0.1) is 0 Å². The molecular weight excluding hydrogens is 218 g/mol. The smallest absolute Gasteiger partial charge is 0.251 e. The summed E-state index contributed by atoms with van der Waals surface area (Å²) in [4.78, 5) is 11.8. The van der Waals surface area contributed by atoms with Gasteiger partial charge in [-0.1, -0.05) is 12.1 Å². The first-order chi connectivity index (χ1) is 7.98. The third-order valence-electron chi connectivity index (χ3n) is 2.37. The van der Waals surface area contributed by atoms with Gasteiger partial charge in [-0.25, -0.2) is 0 Å². The molecule has 0 unspecified atom stereocenters. The van der Waals surface area contributed by atoms with Crippen LogP contribution >= 0.6 is 0 Å². The number of carbonyl (C=O) groups is 1. The molecule has 0 fully saturated rings. The zero-order valence-electron chi connectivity index (χ0n) is 10.5. The molecule has 2 N–H and O–H groups in total. The van der Waals surface area contributed by atoms with Gasteiger partial charge in [0.1, 0.15) is 0 Å². The van der Waals surface area contributed by atoms with Crippen molar-refractivity contribution in [2.24, 2.45) is 0 Å². The van der Waals surface area contributed by atoms with E-state index >= 15 is 0 Å². The molecule has 0 saturated carbocycles. The molecule has 0 aliphatic carbocycles. The molecule has 0 spiro atoms. The van der Waals surface area contributed by atoms with Crippen molar-refractivity contribution in [1.82, 2.24) is 5.32 Å². The Hall–Kier alpha value is -1.39. The largest absolute Gasteiger partial charge is 0.394 e. The average Bonchev–Trinajstić information content (AvgIpc) is 2.30. The van der Waals surface area contributed by atoms with Gasteiger partial charge in [-0.05, 0) is 31.5 Å². The summed E-state index contributed by atoms with van der Waals surface area (Å²) in [5.74, 6) is -0.187. The average molecular weight is 237 g/mol. The van der Waals surface area contributed by atoms with Crippen LogP contribution in [-0.2, 0) is 11.3 Å². The zero-order chi connectivity index (χ0) is 12.9. The predicted molar refractivity (Wildman–Crippen MR) is 65.8 cm³/mol. The number of aliphatic hydroxyl groups is 1. The first-order valence-corrected chi connectivity index (χ1v) is 5.50. The second kappa shape index (κ2) is 5.80. The van der Waals surface area contributed by atoms with Gasteiger partial charge in [0.2, 0.25) is 0 Å². The van der Waals surface area contributed by atoms with E-state index in [1.807, 2.05) is 12.1 Å². The number of hydrogen-bond donors (Lipinski definition) is 2. The number of nitrogens with one attached hydrogen (secondary N) is 1. The molecule has 17 heavy (non-hydrogen) atoms. The van der Waals surface area contributed by atoms with Gasteiger partial charge < -0.3 is 15.2 Å². The molecule has 1 amide bonds. The van der Waals surface area contributed by atoms with Crippen molar-refractivity contribution in [2.45, 2.75) is 26.0 Å². The molecule has 0 aliphatic heterocycles. The number of benzene rings is 1. The fourth-order valence-corrected chi connectivity index (χ4v) is 1.34. The molecule has 0 atom stereocenters. The summed E-state index contributed by atoms with van der Waals surface area (Å²) in [6.45, 7) is 3.97. The second-order valence-electron chi connectivity index (χ2n) is 4.63. The van der Waals surface area contributed by atoms with Crippen molar-refractivity contribution in [1.29, 1.82) is 0 Å². The molecule has 1 rings (SSSR count). The van der Waals surface area contributed by atoms with Crippen LogP contribution in [0.25, 0.3) is 0 Å². The van der Waals surface area contributed by atoms with E-state index in [4.69, 9.17) is 9.84 Å². The highest BCUT2D eigenvalue weighted by molar-refractivity contribution is 5.94. The molecule has 4 heteroatoms. The Balaban J connectivity index is 2.70. The van der Waals surface area contributed by atoms with E-state index in [2.05, 4.69) is 5.32 Å². The zero-order valence-corrected chi connectivity index (χ0v) is 10.5. The molecule has 0 bridgehead atoms. The summed E-state index contributed by atoms with van der Waals surface area (Å²) in [5, 5.41) is 11.8. The molecule has 0 aliphatic rings. The lowest BCUT2D eigenvalue weighted by Crippen LogP contribution is -2.46. The second-order valence-corrected chi connectivity index (χ2v) is 4.63. The summed E-state index contributed by atoms with van der Waals surface area (Å²) in [7, 11) is 1.63. The van der Waals surface area contributed by atoms with Crippen LogP contribution in [0.4, 0.5) is 0 Å². The minimum absolute atomic E-state index is 0.0967. The SMILES string of the molecule is COCc1ccc(C(=O)NC(C)(C)CO)cc1. The van der Waals surface area contributed by atoms with Crippen molar-refractivity contribution in [3.8, 4) is 0 Å². The standard InChI is InChI=1S/C13H19NO3/c1-13(2,9-15)14-12(16)11-6-4-10(5-7-11)8-17-3/h4-7,15H,8-9H2,1-3H3,(H,14,16). The normalized spacial score (nSPS) is 11.3. The Kier molecular flexibility index (Phi) is 4.66. The van der Waals surface area contributed by atoms with Gasteiger partial charge in [0.15, 0.2) is 0 Å². The molecule has 0 heterocycles. The first-order valence-electron chi connectivity index (χ1n) is 5.50. The topological polar surface area (TPSA) is 58.6 Å². The number of carbonyl (C=O) groups excluding carboxylic acids is 1. The Morgan fingerprint density at radius 1 is 1.35 bits per heavy atom. The fraction of sp³-hybridized carbons (Fsp3) is 0.462. The van der Waals surface area contributed by atoms with Crippen LogP contribution in [0, 0.1) is 0 Å². The van der Waals surface area contributed by atoms with Crippen LogP contribution in [0.3, 0.4) is 0 Å². The molecule has 94 valence electrons. The lowest BCUT2D eigenvalue weighted by molar-refractivity contribution is 0.0869. The van der Waals surface area contributed by atoms with E-state index in [-0.39, 0.29) is 12.5 Å². The first kappa shape index (κ1) is 13.7. The molecule has 0 radical (unpaired) electrons. The summed E-state index contributed by atoms with van der Waals surface area (Å²) >= 11 is 0.